The molecule has 0 aliphatic heterocycles. The fraction of sp³-hybridized carbons (Fsp3) is 0.375. The highest BCUT2D eigenvalue weighted by Gasteiger charge is 2.19. The van der Waals surface area contributed by atoms with Gasteiger partial charge < -0.3 is 14.4 Å². The van der Waals surface area contributed by atoms with Crippen molar-refractivity contribution in [3.63, 3.8) is 0 Å². The van der Waals surface area contributed by atoms with Crippen molar-refractivity contribution in [3.8, 4) is 11.8 Å². The number of hydrogen-bond acceptors (Lipinski definition) is 7. The number of sulfonamides is 1. The van der Waals surface area contributed by atoms with E-state index in [2.05, 4.69) is 14.7 Å². The van der Waals surface area contributed by atoms with Crippen molar-refractivity contribution in [3.05, 3.63) is 30.0 Å². The molecule has 0 amide bonds. The zero-order valence-corrected chi connectivity index (χ0v) is 15.7. The third kappa shape index (κ3) is 4.30. The topological polar surface area (TPSA) is 93.7 Å². The molecule has 2 rings (SSSR count). The van der Waals surface area contributed by atoms with Crippen molar-refractivity contribution in [1.29, 1.82) is 0 Å². The Morgan fingerprint density at radius 1 is 1.28 bits per heavy atom. The molecular formula is C16H22N4O4S. The molecule has 2 aromatic rings. The van der Waals surface area contributed by atoms with E-state index in [-0.39, 0.29) is 16.6 Å². The first-order valence-electron chi connectivity index (χ1n) is 7.63. The molecule has 0 atom stereocenters. The molecule has 1 heterocycles. The van der Waals surface area contributed by atoms with Crippen molar-refractivity contribution < 1.29 is 17.9 Å². The molecule has 9 heteroatoms. The maximum absolute atomic E-state index is 12.7. The normalized spacial score (nSPS) is 11.1. The summed E-state index contributed by atoms with van der Waals surface area (Å²) in [4.78, 5) is 9.94. The summed E-state index contributed by atoms with van der Waals surface area (Å²) in [6.45, 7) is 4.18. The van der Waals surface area contributed by atoms with Crippen LogP contribution in [0.2, 0.25) is 0 Å². The summed E-state index contributed by atoms with van der Waals surface area (Å²) in [6.07, 6.45) is 1.38. The average Bonchev–Trinajstić information content (AvgIpc) is 2.56. The first-order chi connectivity index (χ1) is 11.8. The van der Waals surface area contributed by atoms with E-state index in [9.17, 15) is 8.42 Å². The van der Waals surface area contributed by atoms with Crippen LogP contribution in [-0.2, 0) is 10.0 Å². The second kappa shape index (κ2) is 7.56. The van der Waals surface area contributed by atoms with Crippen LogP contribution in [0.1, 0.15) is 12.5 Å². The van der Waals surface area contributed by atoms with E-state index in [0.717, 1.165) is 5.56 Å². The van der Waals surface area contributed by atoms with Gasteiger partial charge in [0.1, 0.15) is 11.4 Å². The minimum atomic E-state index is -3.80. The third-order valence-electron chi connectivity index (χ3n) is 3.35. The van der Waals surface area contributed by atoms with Gasteiger partial charge >= 0.3 is 6.01 Å². The van der Waals surface area contributed by atoms with Crippen LogP contribution < -0.4 is 19.1 Å². The van der Waals surface area contributed by atoms with E-state index in [0.29, 0.717) is 18.2 Å². The van der Waals surface area contributed by atoms with Gasteiger partial charge in [0.25, 0.3) is 10.0 Å². The zero-order chi connectivity index (χ0) is 18.6. The predicted octanol–water partition coefficient (Wildman–Crippen LogP) is 2.06. The number of nitrogens with one attached hydrogen (secondary N) is 1. The monoisotopic (exact) mass is 366 g/mol. The number of aryl methyl sites for hydroxylation is 1. The van der Waals surface area contributed by atoms with Crippen LogP contribution in [0.15, 0.2) is 29.3 Å². The molecule has 0 fully saturated rings. The number of nitrogens with zero attached hydrogens (tertiary/aromatic N) is 3. The highest BCUT2D eigenvalue weighted by Crippen LogP contribution is 2.27. The van der Waals surface area contributed by atoms with Gasteiger partial charge in [-0.3, -0.25) is 4.72 Å². The summed E-state index contributed by atoms with van der Waals surface area (Å²) in [7, 11) is 1.15. The van der Waals surface area contributed by atoms with Gasteiger partial charge in [-0.1, -0.05) is 0 Å². The SMILES string of the molecule is CCOc1ccc(S(=O)(=O)Nc2cnc(OC)nc2N(C)C)cc1C. The number of aromatic nitrogens is 2. The average molecular weight is 366 g/mol. The Labute approximate surface area is 147 Å². The second-order valence-electron chi connectivity index (χ2n) is 5.45. The number of methoxy groups -OCH3 is 1. The Kier molecular flexibility index (Phi) is 5.68. The lowest BCUT2D eigenvalue weighted by Crippen LogP contribution is -2.19. The summed E-state index contributed by atoms with van der Waals surface area (Å²) in [5, 5.41) is 0. The number of anilines is 2. The molecule has 0 saturated heterocycles. The van der Waals surface area contributed by atoms with Crippen LogP contribution >= 0.6 is 0 Å². The predicted molar refractivity (Wildman–Crippen MR) is 96.1 cm³/mol. The number of rotatable bonds is 7. The lowest BCUT2D eigenvalue weighted by atomic mass is 10.2. The van der Waals surface area contributed by atoms with E-state index < -0.39 is 10.0 Å². The van der Waals surface area contributed by atoms with Gasteiger partial charge in [-0.25, -0.2) is 13.4 Å². The lowest BCUT2D eigenvalue weighted by Gasteiger charge is -2.17. The summed E-state index contributed by atoms with van der Waals surface area (Å²) in [5.41, 5.74) is 1.00. The smallest absolute Gasteiger partial charge is 0.318 e. The van der Waals surface area contributed by atoms with Crippen LogP contribution in [0.4, 0.5) is 11.5 Å². The number of hydrogen-bond donors (Lipinski definition) is 1. The Balaban J connectivity index is 2.37. The van der Waals surface area contributed by atoms with E-state index in [1.807, 2.05) is 6.92 Å². The fourth-order valence-electron chi connectivity index (χ4n) is 2.18. The molecule has 0 spiro atoms. The van der Waals surface area contributed by atoms with Gasteiger partial charge in [0, 0.05) is 14.1 Å². The summed E-state index contributed by atoms with van der Waals surface area (Å²) < 4.78 is 38.3. The summed E-state index contributed by atoms with van der Waals surface area (Å²) in [5.74, 6) is 1.06. The van der Waals surface area contributed by atoms with Crippen LogP contribution in [0.3, 0.4) is 0 Å². The molecule has 136 valence electrons. The van der Waals surface area contributed by atoms with Crippen LogP contribution in [0.25, 0.3) is 0 Å². The van der Waals surface area contributed by atoms with Crippen molar-refractivity contribution in [1.82, 2.24) is 9.97 Å². The Morgan fingerprint density at radius 3 is 2.56 bits per heavy atom. The summed E-state index contributed by atoms with van der Waals surface area (Å²) >= 11 is 0. The highest BCUT2D eigenvalue weighted by atomic mass is 32.2. The zero-order valence-electron chi connectivity index (χ0n) is 14.9. The van der Waals surface area contributed by atoms with Gasteiger partial charge in [-0.05, 0) is 37.6 Å². The van der Waals surface area contributed by atoms with Crippen molar-refractivity contribution in [2.24, 2.45) is 0 Å². The first-order valence-corrected chi connectivity index (χ1v) is 9.11. The largest absolute Gasteiger partial charge is 0.494 e. The fourth-order valence-corrected chi connectivity index (χ4v) is 3.31. The minimum absolute atomic E-state index is 0.133. The van der Waals surface area contributed by atoms with Crippen LogP contribution in [0, 0.1) is 6.92 Å². The molecule has 0 aliphatic rings. The molecule has 1 N–H and O–H groups in total. The lowest BCUT2D eigenvalue weighted by molar-refractivity contribution is 0.337. The molecule has 0 aliphatic carbocycles. The quantitative estimate of drug-likeness (QED) is 0.801. The van der Waals surface area contributed by atoms with Crippen LogP contribution in [-0.4, -0.2) is 46.2 Å². The van der Waals surface area contributed by atoms with E-state index in [4.69, 9.17) is 9.47 Å². The van der Waals surface area contributed by atoms with Gasteiger partial charge in [0.05, 0.1) is 24.8 Å². The molecule has 0 saturated carbocycles. The van der Waals surface area contributed by atoms with Crippen molar-refractivity contribution in [2.45, 2.75) is 18.7 Å². The molecule has 0 bridgehead atoms. The van der Waals surface area contributed by atoms with Crippen LogP contribution in [0.5, 0.6) is 11.8 Å². The van der Waals surface area contributed by atoms with E-state index in [1.54, 1.807) is 38.1 Å². The maximum Gasteiger partial charge on any atom is 0.318 e. The number of ether oxygens (including phenoxy) is 2. The van der Waals surface area contributed by atoms with E-state index in [1.165, 1.54) is 19.4 Å². The van der Waals surface area contributed by atoms with Gasteiger partial charge in [0.2, 0.25) is 0 Å². The number of benzene rings is 1. The molecule has 1 aromatic heterocycles. The highest BCUT2D eigenvalue weighted by molar-refractivity contribution is 7.92. The standard InChI is InChI=1S/C16H22N4O4S/c1-6-24-14-8-7-12(9-11(14)2)25(21,22)19-13-10-17-16(23-5)18-15(13)20(3)4/h7-10,19H,6H2,1-5H3. The molecule has 8 nitrogen and oxygen atoms in total. The van der Waals surface area contributed by atoms with Crippen molar-refractivity contribution >= 4 is 21.5 Å². The Bertz CT molecular complexity index is 853. The second-order valence-corrected chi connectivity index (χ2v) is 7.14. The third-order valence-corrected chi connectivity index (χ3v) is 4.72. The summed E-state index contributed by atoms with van der Waals surface area (Å²) in [6, 6.07) is 4.86. The molecule has 1 aromatic carbocycles. The molecule has 0 radical (unpaired) electrons. The molecular weight excluding hydrogens is 344 g/mol. The minimum Gasteiger partial charge on any atom is -0.494 e. The molecule has 0 unspecified atom stereocenters. The van der Waals surface area contributed by atoms with Gasteiger partial charge in [-0.15, -0.1) is 0 Å². The maximum atomic E-state index is 12.7. The Morgan fingerprint density at radius 2 is 2.00 bits per heavy atom. The first kappa shape index (κ1) is 18.8. The Hall–Kier alpha value is -2.55. The molecule has 25 heavy (non-hydrogen) atoms. The van der Waals surface area contributed by atoms with Gasteiger partial charge in [0.15, 0.2) is 5.82 Å². The van der Waals surface area contributed by atoms with Crippen molar-refractivity contribution in [2.75, 3.05) is 37.4 Å². The van der Waals surface area contributed by atoms with Gasteiger partial charge in [-0.2, -0.15) is 4.98 Å². The van der Waals surface area contributed by atoms with E-state index >= 15 is 0 Å².